The molecule has 2 heteroatoms. The molecule has 1 saturated heterocycles. The molecule has 0 aromatic heterocycles. The van der Waals surface area contributed by atoms with Crippen LogP contribution in [0.2, 0.25) is 0 Å². The molecule has 2 rings (SSSR count). The van der Waals surface area contributed by atoms with Crippen LogP contribution in [0.15, 0.2) is 0 Å². The first kappa shape index (κ1) is 11.4. The van der Waals surface area contributed by atoms with E-state index in [-0.39, 0.29) is 0 Å². The first-order valence-corrected chi connectivity index (χ1v) is 6.72. The number of nitrogens with two attached hydrogens (primary N) is 1. The van der Waals surface area contributed by atoms with Crippen molar-refractivity contribution >= 4 is 0 Å². The molecule has 2 nitrogen and oxygen atoms in total. The molecule has 1 atom stereocenters. The maximum absolute atomic E-state index is 6.01. The highest BCUT2D eigenvalue weighted by Gasteiger charge is 2.23. The number of hydrogen-bond donors (Lipinski definition) is 1. The van der Waals surface area contributed by atoms with Crippen LogP contribution in [-0.2, 0) is 0 Å². The standard InChI is InChI=1S/C13H26N2/c1-11-4-6-12(7-5-11)9-15-8-2-3-13(14)10-15/h11-13H,2-10,14H2,1H3/t11?,12?,13-/m1/s1. The monoisotopic (exact) mass is 210 g/mol. The molecule has 0 spiro atoms. The molecule has 0 bridgehead atoms. The molecule has 2 fully saturated rings. The maximum atomic E-state index is 6.01. The van der Waals surface area contributed by atoms with Crippen molar-refractivity contribution in [2.45, 2.75) is 51.5 Å². The van der Waals surface area contributed by atoms with Crippen molar-refractivity contribution in [3.63, 3.8) is 0 Å². The average molecular weight is 210 g/mol. The van der Waals surface area contributed by atoms with Gasteiger partial charge in [0.25, 0.3) is 0 Å². The molecule has 1 aliphatic carbocycles. The minimum Gasteiger partial charge on any atom is -0.327 e. The molecule has 88 valence electrons. The molecule has 1 heterocycles. The predicted molar refractivity (Wildman–Crippen MR) is 64.8 cm³/mol. The Bertz CT molecular complexity index is 185. The lowest BCUT2D eigenvalue weighted by Crippen LogP contribution is -2.44. The maximum Gasteiger partial charge on any atom is 0.0168 e. The zero-order valence-electron chi connectivity index (χ0n) is 10.1. The third-order valence-corrected chi connectivity index (χ3v) is 4.19. The van der Waals surface area contributed by atoms with Crippen LogP contribution in [-0.4, -0.2) is 30.6 Å². The molecule has 2 N–H and O–H groups in total. The lowest BCUT2D eigenvalue weighted by Gasteiger charge is -2.35. The van der Waals surface area contributed by atoms with E-state index >= 15 is 0 Å². The number of nitrogens with zero attached hydrogens (tertiary/aromatic N) is 1. The Morgan fingerprint density at radius 2 is 1.87 bits per heavy atom. The topological polar surface area (TPSA) is 29.3 Å². The minimum absolute atomic E-state index is 0.446. The van der Waals surface area contributed by atoms with Gasteiger partial charge in [0.05, 0.1) is 0 Å². The van der Waals surface area contributed by atoms with Crippen molar-refractivity contribution < 1.29 is 0 Å². The third kappa shape index (κ3) is 3.46. The molecule has 0 aromatic carbocycles. The summed E-state index contributed by atoms with van der Waals surface area (Å²) in [5.41, 5.74) is 6.01. The Kier molecular flexibility index (Phi) is 4.04. The van der Waals surface area contributed by atoms with Gasteiger partial charge in [-0.3, -0.25) is 0 Å². The van der Waals surface area contributed by atoms with E-state index in [4.69, 9.17) is 5.73 Å². The molecule has 0 amide bonds. The van der Waals surface area contributed by atoms with E-state index in [0.29, 0.717) is 6.04 Å². The van der Waals surface area contributed by atoms with Crippen molar-refractivity contribution in [2.24, 2.45) is 17.6 Å². The summed E-state index contributed by atoms with van der Waals surface area (Å²) in [5, 5.41) is 0. The highest BCUT2D eigenvalue weighted by atomic mass is 15.1. The highest BCUT2D eigenvalue weighted by molar-refractivity contribution is 4.79. The fraction of sp³-hybridized carbons (Fsp3) is 1.00. The van der Waals surface area contributed by atoms with Gasteiger partial charge in [-0.1, -0.05) is 19.8 Å². The molecule has 15 heavy (non-hydrogen) atoms. The number of rotatable bonds is 2. The quantitative estimate of drug-likeness (QED) is 0.757. The van der Waals surface area contributed by atoms with Gasteiger partial charge in [-0.15, -0.1) is 0 Å². The van der Waals surface area contributed by atoms with Crippen LogP contribution in [0, 0.1) is 11.8 Å². The van der Waals surface area contributed by atoms with Crippen LogP contribution < -0.4 is 5.73 Å². The van der Waals surface area contributed by atoms with Crippen LogP contribution >= 0.6 is 0 Å². The Morgan fingerprint density at radius 3 is 2.53 bits per heavy atom. The van der Waals surface area contributed by atoms with Gasteiger partial charge in [0.1, 0.15) is 0 Å². The number of hydrogen-bond acceptors (Lipinski definition) is 2. The van der Waals surface area contributed by atoms with Gasteiger partial charge in [0, 0.05) is 19.1 Å². The lowest BCUT2D eigenvalue weighted by molar-refractivity contribution is 0.152. The normalized spacial score (nSPS) is 39.2. The lowest BCUT2D eigenvalue weighted by atomic mass is 9.82. The summed E-state index contributed by atoms with van der Waals surface area (Å²) < 4.78 is 0. The van der Waals surface area contributed by atoms with E-state index in [1.165, 1.54) is 51.6 Å². The van der Waals surface area contributed by atoms with Crippen LogP contribution in [0.1, 0.15) is 45.4 Å². The van der Waals surface area contributed by atoms with Crippen molar-refractivity contribution in [2.75, 3.05) is 19.6 Å². The highest BCUT2D eigenvalue weighted by Crippen LogP contribution is 2.29. The SMILES string of the molecule is CC1CCC(CN2CCC[C@@H](N)C2)CC1. The second-order valence-electron chi connectivity index (χ2n) is 5.79. The molecule has 0 aromatic rings. The van der Waals surface area contributed by atoms with Crippen LogP contribution in [0.4, 0.5) is 0 Å². The number of likely N-dealkylation sites (tertiary alicyclic amines) is 1. The van der Waals surface area contributed by atoms with Crippen molar-refractivity contribution in [3.8, 4) is 0 Å². The fourth-order valence-corrected chi connectivity index (χ4v) is 3.13. The summed E-state index contributed by atoms with van der Waals surface area (Å²) >= 11 is 0. The zero-order valence-corrected chi connectivity index (χ0v) is 10.1. The van der Waals surface area contributed by atoms with Gasteiger partial charge in [0.2, 0.25) is 0 Å². The summed E-state index contributed by atoms with van der Waals surface area (Å²) in [6, 6.07) is 0.446. The first-order valence-electron chi connectivity index (χ1n) is 6.72. The van der Waals surface area contributed by atoms with Crippen molar-refractivity contribution in [3.05, 3.63) is 0 Å². The van der Waals surface area contributed by atoms with Crippen LogP contribution in [0.5, 0.6) is 0 Å². The molecule has 1 aliphatic heterocycles. The molecule has 0 unspecified atom stereocenters. The second kappa shape index (κ2) is 5.31. The summed E-state index contributed by atoms with van der Waals surface area (Å²) in [5.74, 6) is 1.94. The Hall–Kier alpha value is -0.0800. The van der Waals surface area contributed by atoms with Gasteiger partial charge in [-0.05, 0) is 44.1 Å². The van der Waals surface area contributed by atoms with Gasteiger partial charge < -0.3 is 10.6 Å². The molecule has 2 aliphatic rings. The summed E-state index contributed by atoms with van der Waals surface area (Å²) in [6.07, 6.45) is 8.34. The Morgan fingerprint density at radius 1 is 1.13 bits per heavy atom. The van der Waals surface area contributed by atoms with Crippen molar-refractivity contribution in [1.82, 2.24) is 4.90 Å². The van der Waals surface area contributed by atoms with E-state index in [2.05, 4.69) is 11.8 Å². The molecule has 1 saturated carbocycles. The molecular formula is C13H26N2. The van der Waals surface area contributed by atoms with E-state index < -0.39 is 0 Å². The second-order valence-corrected chi connectivity index (χ2v) is 5.79. The molecule has 0 radical (unpaired) electrons. The first-order chi connectivity index (χ1) is 7.24. The van der Waals surface area contributed by atoms with Gasteiger partial charge in [-0.25, -0.2) is 0 Å². The fourth-order valence-electron chi connectivity index (χ4n) is 3.13. The summed E-state index contributed by atoms with van der Waals surface area (Å²) in [4.78, 5) is 2.61. The molecular weight excluding hydrogens is 184 g/mol. The largest absolute Gasteiger partial charge is 0.327 e. The Labute approximate surface area is 94.2 Å². The van der Waals surface area contributed by atoms with Gasteiger partial charge >= 0.3 is 0 Å². The number of piperidine rings is 1. The average Bonchev–Trinajstić information content (AvgIpc) is 2.22. The predicted octanol–water partition coefficient (Wildman–Crippen LogP) is 2.24. The van der Waals surface area contributed by atoms with Gasteiger partial charge in [0.15, 0.2) is 0 Å². The summed E-state index contributed by atoms with van der Waals surface area (Å²) in [6.45, 7) is 6.15. The smallest absolute Gasteiger partial charge is 0.0168 e. The van der Waals surface area contributed by atoms with Gasteiger partial charge in [-0.2, -0.15) is 0 Å². The third-order valence-electron chi connectivity index (χ3n) is 4.19. The summed E-state index contributed by atoms with van der Waals surface area (Å²) in [7, 11) is 0. The van der Waals surface area contributed by atoms with E-state index in [0.717, 1.165) is 18.4 Å². The van der Waals surface area contributed by atoms with Crippen LogP contribution in [0.25, 0.3) is 0 Å². The zero-order chi connectivity index (χ0) is 10.7. The van der Waals surface area contributed by atoms with Crippen LogP contribution in [0.3, 0.4) is 0 Å². The van der Waals surface area contributed by atoms with Crippen molar-refractivity contribution in [1.29, 1.82) is 0 Å². The van der Waals surface area contributed by atoms with E-state index in [9.17, 15) is 0 Å². The van der Waals surface area contributed by atoms with E-state index in [1.54, 1.807) is 0 Å². The van der Waals surface area contributed by atoms with E-state index in [1.807, 2.05) is 0 Å². The Balaban J connectivity index is 1.71. The minimum atomic E-state index is 0.446.